The summed E-state index contributed by atoms with van der Waals surface area (Å²) in [6.45, 7) is 5.17. The van der Waals surface area contributed by atoms with Crippen molar-refractivity contribution in [1.29, 1.82) is 0 Å². The Morgan fingerprint density at radius 2 is 1.39 bits per heavy atom. The number of fused-ring (bicyclic) bond motifs is 10. The van der Waals surface area contributed by atoms with E-state index in [1.165, 1.54) is 7.11 Å². The van der Waals surface area contributed by atoms with Crippen LogP contribution in [0.15, 0.2) is 103 Å². The van der Waals surface area contributed by atoms with Gasteiger partial charge in [-0.3, -0.25) is 9.59 Å². The Labute approximate surface area is 333 Å². The van der Waals surface area contributed by atoms with Gasteiger partial charge in [0.15, 0.2) is 0 Å². The molecule has 3 aromatic rings. The zero-order valence-corrected chi connectivity index (χ0v) is 33.3. The molecule has 4 bridgehead atoms. The minimum atomic E-state index is -10.7. The fraction of sp³-hybridized carbons (Fsp3) is 0.289. The molecule has 306 valence electrons. The first kappa shape index (κ1) is 47.4. The van der Waals surface area contributed by atoms with E-state index in [0.29, 0.717) is 11.5 Å². The van der Waals surface area contributed by atoms with Gasteiger partial charge in [-0.1, -0.05) is 78.9 Å². The molecular weight excluding hydrogens is 856 g/mol. The van der Waals surface area contributed by atoms with Crippen LogP contribution in [0.2, 0.25) is 0 Å². The monoisotopic (exact) mass is 899 g/mol. The molecule has 10 nitrogen and oxygen atoms in total. The molecule has 0 saturated carbocycles. The Hall–Kier alpha value is -4.75. The fourth-order valence-corrected chi connectivity index (χ4v) is 4.96. The van der Waals surface area contributed by atoms with Crippen LogP contribution in [-0.2, 0) is 62.6 Å². The second kappa shape index (κ2) is 19.4. The van der Waals surface area contributed by atoms with Gasteiger partial charge in [-0.15, -0.1) is 0 Å². The number of rotatable bonds is 4. The van der Waals surface area contributed by atoms with Crippen LogP contribution in [0.25, 0.3) is 0 Å². The summed E-state index contributed by atoms with van der Waals surface area (Å²) in [4.78, 5) is 53.0. The number of halogens is 6. The molecule has 56 heavy (non-hydrogen) atoms. The van der Waals surface area contributed by atoms with E-state index in [4.69, 9.17) is 14.2 Å². The molecule has 2 heterocycles. The maximum atomic E-state index is 13.7. The van der Waals surface area contributed by atoms with Crippen molar-refractivity contribution in [1.82, 2.24) is 16.0 Å². The normalized spacial score (nSPS) is 19.2. The van der Waals surface area contributed by atoms with Crippen LogP contribution in [0.4, 0.5) is 30.0 Å². The summed E-state index contributed by atoms with van der Waals surface area (Å²) in [6.07, 6.45) is 9.62. The zero-order valence-electron chi connectivity index (χ0n) is 30.7. The van der Waals surface area contributed by atoms with Gasteiger partial charge in [-0.25, -0.2) is 9.59 Å². The average molecular weight is 899 g/mol. The van der Waals surface area contributed by atoms with Crippen LogP contribution in [0, 0.1) is 6.42 Å². The van der Waals surface area contributed by atoms with Gasteiger partial charge in [0.25, 0.3) is 0 Å². The summed E-state index contributed by atoms with van der Waals surface area (Å²) in [7, 11) is -9.41. The molecular formula is C38H42F6N3O7PRu. The quantitative estimate of drug-likeness (QED) is 0.104. The fourth-order valence-electron chi connectivity index (χ4n) is 4.96. The van der Waals surface area contributed by atoms with E-state index in [9.17, 15) is 44.4 Å². The summed E-state index contributed by atoms with van der Waals surface area (Å²) in [5.74, 6) is -0.695. The zero-order chi connectivity index (χ0) is 40.9. The van der Waals surface area contributed by atoms with E-state index in [1.807, 2.05) is 67.1 Å². The number of allylic oxidation sites excluding steroid dienone is 4. The third kappa shape index (κ3) is 20.3. The maximum absolute atomic E-state index is 13.7. The topological polar surface area (TPSA) is 132 Å². The predicted molar refractivity (Wildman–Crippen MR) is 196 cm³/mol. The van der Waals surface area contributed by atoms with Crippen molar-refractivity contribution in [2.45, 2.75) is 63.8 Å². The Morgan fingerprint density at radius 1 is 0.786 bits per heavy atom. The first-order valence-corrected chi connectivity index (χ1v) is 18.8. The average Bonchev–Trinajstić information content (AvgIpc) is 3.67. The molecule has 0 fully saturated rings. The van der Waals surface area contributed by atoms with Crippen LogP contribution in [-0.4, -0.2) is 54.7 Å². The van der Waals surface area contributed by atoms with Crippen molar-refractivity contribution in [3.63, 3.8) is 0 Å². The van der Waals surface area contributed by atoms with Gasteiger partial charge in [-0.2, -0.15) is 0 Å². The summed E-state index contributed by atoms with van der Waals surface area (Å²) < 4.78 is 75.6. The van der Waals surface area contributed by atoms with E-state index in [2.05, 4.69) is 16.0 Å². The number of esters is 1. The number of hydrogen-bond donors (Lipinski definition) is 3. The van der Waals surface area contributed by atoms with E-state index in [-0.39, 0.29) is 38.7 Å². The van der Waals surface area contributed by atoms with Crippen LogP contribution in [0.1, 0.15) is 37.5 Å². The second-order valence-electron chi connectivity index (χ2n) is 13.3. The van der Waals surface area contributed by atoms with Crippen LogP contribution in [0.5, 0.6) is 11.5 Å². The van der Waals surface area contributed by atoms with Gasteiger partial charge in [0.1, 0.15) is 35.2 Å². The molecule has 3 atom stereocenters. The molecule has 0 aromatic heterocycles. The molecule has 0 spiro atoms. The van der Waals surface area contributed by atoms with Crippen molar-refractivity contribution in [3.8, 4) is 11.5 Å². The van der Waals surface area contributed by atoms with Gasteiger partial charge < -0.3 is 30.2 Å². The van der Waals surface area contributed by atoms with Crippen molar-refractivity contribution in [3.05, 3.63) is 126 Å². The molecule has 2 radical (unpaired) electrons. The summed E-state index contributed by atoms with van der Waals surface area (Å²) in [6, 6.07) is 20.3. The Bertz CT molecular complexity index is 1840. The number of carbonyl (C=O) groups is 4. The first-order valence-electron chi connectivity index (χ1n) is 16.7. The van der Waals surface area contributed by atoms with Crippen molar-refractivity contribution in [2.24, 2.45) is 0 Å². The van der Waals surface area contributed by atoms with E-state index in [1.54, 1.807) is 63.2 Å². The molecule has 18 heteroatoms. The number of methoxy groups -OCH3 is 1. The number of hydrogen-bond acceptors (Lipinski definition) is 7. The van der Waals surface area contributed by atoms with Crippen LogP contribution < -0.4 is 20.7 Å². The summed E-state index contributed by atoms with van der Waals surface area (Å²) in [5, 5.41) is 8.22. The van der Waals surface area contributed by atoms with Crippen molar-refractivity contribution >= 4 is 31.7 Å². The minimum absolute atomic E-state index is 0. The van der Waals surface area contributed by atoms with E-state index < -0.39 is 55.4 Å². The molecule has 3 aromatic carbocycles. The number of carbonyl (C=O) groups excluding carboxylic acids is 4. The molecule has 3 amide bonds. The minimum Gasteiger partial charge on any atom is -0.0767 e. The Morgan fingerprint density at radius 3 is 1.93 bits per heavy atom. The summed E-state index contributed by atoms with van der Waals surface area (Å²) in [5.41, 5.74) is 1.49. The third-order valence-electron chi connectivity index (χ3n) is 7.22. The standard InChI is InChI=1S/C33H37N3O7.C5H5.F6P.Ru/c1-33(2,3)43-32(40)36-27-19-22-13-15-24(16-14-22)42-25-12-8-11-23(17-25)20-28(31(39)41-4)35-29(37)26(34-30(27)38)18-21-9-6-5-7-10-21;1-2-4-5-3-1;1-7(2,3,4,5)6;/h5-17,26-28H,18-20H2,1-4H3,(H,34,38)(H,35,37)(H,36,40);1-5H;;/q;;-1;+1/t26-,27-,28-;;;/m0.../s1. The van der Waals surface area contributed by atoms with Crippen molar-refractivity contribution in [2.75, 3.05) is 7.11 Å². The molecule has 2 aliphatic heterocycles. The molecule has 0 unspecified atom stereocenters. The van der Waals surface area contributed by atoms with Crippen LogP contribution >= 0.6 is 7.81 Å². The number of nitrogens with one attached hydrogen (secondary N) is 3. The number of amides is 3. The molecule has 3 aliphatic rings. The first-order chi connectivity index (χ1) is 25.4. The van der Waals surface area contributed by atoms with E-state index in [0.717, 1.165) is 16.7 Å². The molecule has 1 aliphatic carbocycles. The van der Waals surface area contributed by atoms with Gasteiger partial charge in [0.05, 0.1) is 7.11 Å². The molecule has 6 rings (SSSR count). The SMILES string of the molecule is COC(=O)[C@@H]1Cc2cccc(c2)Oc2ccc(cc2)C[C@H](NC(=O)OC(C)(C)C)C(=O)N[C@@H](Cc2ccccc2)C(=O)N1.F[P-](F)(F)(F)(F)F.[CH]1C=CC=C1.[Ru+]. The largest absolute Gasteiger partial charge is 1.00 e. The van der Waals surface area contributed by atoms with Crippen LogP contribution in [0.3, 0.4) is 0 Å². The number of benzene rings is 3. The predicted octanol–water partition coefficient (Wildman–Crippen LogP) is 8.55. The second-order valence-corrected chi connectivity index (χ2v) is 15.2. The van der Waals surface area contributed by atoms with Gasteiger partial charge in [-0.05, 0) is 61.7 Å². The molecule has 3 N–H and O–H groups in total. The number of alkyl carbamates (subject to hydrolysis) is 1. The van der Waals surface area contributed by atoms with Crippen molar-refractivity contribution < 1.29 is 78.0 Å². The van der Waals surface area contributed by atoms with Gasteiger partial charge in [0.2, 0.25) is 11.8 Å². The Balaban J connectivity index is 0.000000714. The third-order valence-corrected chi connectivity index (χ3v) is 7.22. The summed E-state index contributed by atoms with van der Waals surface area (Å²) >= 11 is 0. The van der Waals surface area contributed by atoms with Gasteiger partial charge >= 0.3 is 64.5 Å². The van der Waals surface area contributed by atoms with Gasteiger partial charge in [0, 0.05) is 25.7 Å². The number of ether oxygens (including phenoxy) is 3. The maximum Gasteiger partial charge on any atom is 1.00 e. The molecule has 0 saturated heterocycles. The van der Waals surface area contributed by atoms with E-state index >= 15 is 0 Å². The smallest absolute Gasteiger partial charge is 0.0767 e. The Kier molecular flexibility index (Phi) is 16.4.